The third kappa shape index (κ3) is 3.08. The van der Waals surface area contributed by atoms with Gasteiger partial charge in [-0.15, -0.1) is 0 Å². The first-order valence-corrected chi connectivity index (χ1v) is 7.79. The molecule has 0 bridgehead atoms. The maximum Gasteiger partial charge on any atom is 0.224 e. The highest BCUT2D eigenvalue weighted by atomic mass is 32.2. The van der Waals surface area contributed by atoms with E-state index >= 15 is 0 Å². The van der Waals surface area contributed by atoms with Crippen LogP contribution in [0.2, 0.25) is 0 Å². The maximum absolute atomic E-state index is 12.1. The average Bonchev–Trinajstić information content (AvgIpc) is 2.78. The van der Waals surface area contributed by atoms with Crippen LogP contribution >= 0.6 is 11.8 Å². The molecule has 4 nitrogen and oxygen atoms in total. The Bertz CT molecular complexity index is 696. The molecule has 0 N–H and O–H groups in total. The molecule has 0 spiro atoms. The van der Waals surface area contributed by atoms with E-state index in [-0.39, 0.29) is 16.3 Å². The Kier molecular flexibility index (Phi) is 3.92. The average molecular weight is 300 g/mol. The number of nitrogens with zero attached hydrogens (tertiary/aromatic N) is 2. The van der Waals surface area contributed by atoms with E-state index in [9.17, 15) is 9.59 Å². The van der Waals surface area contributed by atoms with Gasteiger partial charge in [0.15, 0.2) is 5.12 Å². The quantitative estimate of drug-likeness (QED) is 0.874. The number of aromatic nitrogens is 1. The van der Waals surface area contributed by atoms with Gasteiger partial charge in [-0.25, -0.2) is 0 Å². The number of hydrogen-bond acceptors (Lipinski definition) is 4. The molecule has 21 heavy (non-hydrogen) atoms. The zero-order valence-electron chi connectivity index (χ0n) is 11.8. The number of para-hydroxylation sites is 1. The highest BCUT2D eigenvalue weighted by Crippen LogP contribution is 2.26. The lowest BCUT2D eigenvalue weighted by atomic mass is 10.1. The summed E-state index contributed by atoms with van der Waals surface area (Å²) in [6.07, 6.45) is 2.22. The van der Waals surface area contributed by atoms with Gasteiger partial charge in [-0.2, -0.15) is 0 Å². The molecule has 1 aliphatic heterocycles. The van der Waals surface area contributed by atoms with Gasteiger partial charge in [0.1, 0.15) is 0 Å². The first kappa shape index (κ1) is 14.1. The summed E-state index contributed by atoms with van der Waals surface area (Å²) in [6.45, 7) is 2.74. The smallest absolute Gasteiger partial charge is 0.224 e. The fourth-order valence-corrected chi connectivity index (χ4v) is 3.65. The van der Waals surface area contributed by atoms with Crippen molar-refractivity contribution in [3.8, 4) is 0 Å². The van der Waals surface area contributed by atoms with Gasteiger partial charge in [-0.3, -0.25) is 14.6 Å². The van der Waals surface area contributed by atoms with Crippen molar-refractivity contribution >= 4 is 33.7 Å². The number of amides is 1. The zero-order valence-corrected chi connectivity index (χ0v) is 12.6. The Labute approximate surface area is 127 Å². The highest BCUT2D eigenvalue weighted by molar-refractivity contribution is 8.14. The van der Waals surface area contributed by atoms with Crippen molar-refractivity contribution in [2.45, 2.75) is 25.1 Å². The molecule has 1 atom stereocenters. The number of rotatable bonds is 3. The molecule has 1 aromatic heterocycles. The number of pyridine rings is 1. The second-order valence-corrected chi connectivity index (χ2v) is 6.68. The van der Waals surface area contributed by atoms with Gasteiger partial charge >= 0.3 is 0 Å². The van der Waals surface area contributed by atoms with Crippen LogP contribution in [0.3, 0.4) is 0 Å². The SMILES string of the molecule is CC(=O)SC1CC(=O)N(Cc2cccc3cccnc23)C1. The molecule has 1 fully saturated rings. The van der Waals surface area contributed by atoms with Crippen molar-refractivity contribution in [1.82, 2.24) is 9.88 Å². The summed E-state index contributed by atoms with van der Waals surface area (Å²) >= 11 is 1.27. The lowest BCUT2D eigenvalue weighted by Gasteiger charge is -2.17. The van der Waals surface area contributed by atoms with Crippen LogP contribution < -0.4 is 0 Å². The van der Waals surface area contributed by atoms with Gasteiger partial charge in [-0.1, -0.05) is 36.0 Å². The second-order valence-electron chi connectivity index (χ2n) is 5.20. The van der Waals surface area contributed by atoms with E-state index in [1.165, 1.54) is 11.8 Å². The van der Waals surface area contributed by atoms with Gasteiger partial charge in [0.2, 0.25) is 5.91 Å². The summed E-state index contributed by atoms with van der Waals surface area (Å²) in [6, 6.07) is 9.94. The van der Waals surface area contributed by atoms with Crippen LogP contribution in [0.1, 0.15) is 18.9 Å². The van der Waals surface area contributed by atoms with E-state index in [0.717, 1.165) is 16.5 Å². The van der Waals surface area contributed by atoms with Crippen LogP contribution in [0.5, 0.6) is 0 Å². The molecule has 108 valence electrons. The number of hydrogen-bond donors (Lipinski definition) is 0. The lowest BCUT2D eigenvalue weighted by molar-refractivity contribution is -0.128. The van der Waals surface area contributed by atoms with Crippen LogP contribution in [0.4, 0.5) is 0 Å². The van der Waals surface area contributed by atoms with Crippen molar-refractivity contribution in [2.75, 3.05) is 6.54 Å². The van der Waals surface area contributed by atoms with Gasteiger partial charge in [0.25, 0.3) is 0 Å². The Balaban J connectivity index is 1.79. The Morgan fingerprint density at radius 3 is 3.00 bits per heavy atom. The van der Waals surface area contributed by atoms with Crippen molar-refractivity contribution in [2.24, 2.45) is 0 Å². The molecule has 5 heteroatoms. The number of likely N-dealkylation sites (tertiary alicyclic amines) is 1. The standard InChI is InChI=1S/C16H16N2O2S/c1-11(19)21-14-8-15(20)18(10-14)9-13-5-2-4-12-6-3-7-17-16(12)13/h2-7,14H,8-10H2,1H3. The van der Waals surface area contributed by atoms with Crippen LogP contribution in [0, 0.1) is 0 Å². The second kappa shape index (κ2) is 5.85. The zero-order chi connectivity index (χ0) is 14.8. The van der Waals surface area contributed by atoms with Crippen LogP contribution in [-0.2, 0) is 16.1 Å². The molecular weight excluding hydrogens is 284 g/mol. The van der Waals surface area contributed by atoms with Crippen LogP contribution in [0.25, 0.3) is 10.9 Å². The molecule has 1 saturated heterocycles. The van der Waals surface area contributed by atoms with Gasteiger partial charge in [0, 0.05) is 43.3 Å². The molecule has 0 radical (unpaired) electrons. The summed E-state index contributed by atoms with van der Waals surface area (Å²) in [7, 11) is 0. The maximum atomic E-state index is 12.1. The summed E-state index contributed by atoms with van der Waals surface area (Å²) in [5, 5.41) is 1.23. The largest absolute Gasteiger partial charge is 0.337 e. The molecule has 1 unspecified atom stereocenters. The lowest BCUT2D eigenvalue weighted by Crippen LogP contribution is -2.25. The van der Waals surface area contributed by atoms with E-state index in [1.54, 1.807) is 13.1 Å². The minimum absolute atomic E-state index is 0.0708. The third-order valence-corrected chi connectivity index (χ3v) is 4.57. The van der Waals surface area contributed by atoms with E-state index in [2.05, 4.69) is 4.98 Å². The fraction of sp³-hybridized carbons (Fsp3) is 0.312. The van der Waals surface area contributed by atoms with E-state index < -0.39 is 0 Å². The van der Waals surface area contributed by atoms with Gasteiger partial charge in [0.05, 0.1) is 5.52 Å². The number of thioether (sulfide) groups is 1. The van der Waals surface area contributed by atoms with Crippen LogP contribution in [0.15, 0.2) is 36.5 Å². The normalized spacial score (nSPS) is 18.4. The fourth-order valence-electron chi connectivity index (χ4n) is 2.70. The molecule has 0 saturated carbocycles. The number of carbonyl (C=O) groups is 2. The predicted molar refractivity (Wildman–Crippen MR) is 83.8 cm³/mol. The first-order valence-electron chi connectivity index (χ1n) is 6.91. The Morgan fingerprint density at radius 1 is 1.38 bits per heavy atom. The summed E-state index contributed by atoms with van der Waals surface area (Å²) in [4.78, 5) is 29.5. The Hall–Kier alpha value is -1.88. The van der Waals surface area contributed by atoms with E-state index in [0.29, 0.717) is 19.5 Å². The minimum Gasteiger partial charge on any atom is -0.337 e. The summed E-state index contributed by atoms with van der Waals surface area (Å²) < 4.78 is 0. The van der Waals surface area contributed by atoms with Crippen molar-refractivity contribution < 1.29 is 9.59 Å². The van der Waals surface area contributed by atoms with Crippen molar-refractivity contribution in [3.63, 3.8) is 0 Å². The molecular formula is C16H16N2O2S. The van der Waals surface area contributed by atoms with Crippen molar-refractivity contribution in [3.05, 3.63) is 42.1 Å². The summed E-state index contributed by atoms with van der Waals surface area (Å²) in [5.41, 5.74) is 1.99. The first-order chi connectivity index (χ1) is 10.1. The third-order valence-electron chi connectivity index (χ3n) is 3.59. The molecule has 2 heterocycles. The van der Waals surface area contributed by atoms with E-state index in [1.807, 2.05) is 35.2 Å². The number of carbonyl (C=O) groups excluding carboxylic acids is 2. The Morgan fingerprint density at radius 2 is 2.19 bits per heavy atom. The highest BCUT2D eigenvalue weighted by Gasteiger charge is 2.31. The molecule has 1 aromatic carbocycles. The van der Waals surface area contributed by atoms with E-state index in [4.69, 9.17) is 0 Å². The molecule has 3 rings (SSSR count). The monoisotopic (exact) mass is 300 g/mol. The molecule has 1 amide bonds. The molecule has 2 aromatic rings. The minimum atomic E-state index is 0.0708. The van der Waals surface area contributed by atoms with Gasteiger partial charge < -0.3 is 4.90 Å². The summed E-state index contributed by atoms with van der Waals surface area (Å²) in [5.74, 6) is 0.113. The predicted octanol–water partition coefficient (Wildman–Crippen LogP) is 2.62. The van der Waals surface area contributed by atoms with Gasteiger partial charge in [-0.05, 0) is 11.6 Å². The number of benzene rings is 1. The number of fused-ring (bicyclic) bond motifs is 1. The molecule has 1 aliphatic rings. The topological polar surface area (TPSA) is 50.3 Å². The van der Waals surface area contributed by atoms with Crippen LogP contribution in [-0.4, -0.2) is 32.7 Å². The van der Waals surface area contributed by atoms with Crippen molar-refractivity contribution in [1.29, 1.82) is 0 Å². The molecule has 0 aliphatic carbocycles.